The summed E-state index contributed by atoms with van der Waals surface area (Å²) in [6.07, 6.45) is 1.96. The van der Waals surface area contributed by atoms with Crippen LogP contribution >= 0.6 is 0 Å². The summed E-state index contributed by atoms with van der Waals surface area (Å²) in [6.45, 7) is 1.80. The number of halogens is 1. The number of fused-ring (bicyclic) bond motifs is 1. The average molecular weight is 165 g/mol. The maximum absolute atomic E-state index is 13.1. The second-order valence-electron chi connectivity index (χ2n) is 3.39. The van der Waals surface area contributed by atoms with Crippen LogP contribution in [0.15, 0.2) is 12.1 Å². The van der Waals surface area contributed by atoms with Gasteiger partial charge < -0.3 is 5.73 Å². The van der Waals surface area contributed by atoms with Crippen LogP contribution in [-0.2, 0) is 6.42 Å². The van der Waals surface area contributed by atoms with Crippen LogP contribution < -0.4 is 5.73 Å². The summed E-state index contributed by atoms with van der Waals surface area (Å²) in [5, 5.41) is 0. The molecule has 0 aliphatic heterocycles. The molecule has 12 heavy (non-hydrogen) atoms. The highest BCUT2D eigenvalue weighted by Gasteiger charge is 2.22. The number of hydrogen-bond acceptors (Lipinski definition) is 1. The molecule has 0 fully saturated rings. The zero-order chi connectivity index (χ0) is 8.72. The van der Waals surface area contributed by atoms with E-state index in [-0.39, 0.29) is 11.9 Å². The highest BCUT2D eigenvalue weighted by Crippen LogP contribution is 2.32. The third kappa shape index (κ3) is 0.950. The fraction of sp³-hybridized carbons (Fsp3) is 0.400. The summed E-state index contributed by atoms with van der Waals surface area (Å²) in [4.78, 5) is 0. The minimum absolute atomic E-state index is 0.0516. The SMILES string of the molecule is Cc1c(F)ccc2c1C(N)CC2. The number of rotatable bonds is 0. The van der Waals surface area contributed by atoms with Crippen LogP contribution in [0.1, 0.15) is 29.2 Å². The Morgan fingerprint density at radius 2 is 2.25 bits per heavy atom. The van der Waals surface area contributed by atoms with Gasteiger partial charge in [-0.2, -0.15) is 0 Å². The molecule has 0 bridgehead atoms. The van der Waals surface area contributed by atoms with Crippen LogP contribution in [0.4, 0.5) is 4.39 Å². The minimum atomic E-state index is -0.133. The van der Waals surface area contributed by atoms with Gasteiger partial charge >= 0.3 is 0 Å². The Labute approximate surface area is 71.4 Å². The molecule has 1 unspecified atom stereocenters. The monoisotopic (exact) mass is 165 g/mol. The lowest BCUT2D eigenvalue weighted by atomic mass is 10.0. The van der Waals surface area contributed by atoms with Crippen molar-refractivity contribution in [2.45, 2.75) is 25.8 Å². The average Bonchev–Trinajstić information content (AvgIpc) is 2.41. The Morgan fingerprint density at radius 3 is 3.00 bits per heavy atom. The molecule has 1 nitrogen and oxygen atoms in total. The number of hydrogen-bond donors (Lipinski definition) is 1. The van der Waals surface area contributed by atoms with Crippen LogP contribution in [0.5, 0.6) is 0 Å². The highest BCUT2D eigenvalue weighted by atomic mass is 19.1. The molecule has 0 saturated heterocycles. The summed E-state index contributed by atoms with van der Waals surface area (Å²) in [6, 6.07) is 3.44. The van der Waals surface area contributed by atoms with Crippen molar-refractivity contribution >= 4 is 0 Å². The van der Waals surface area contributed by atoms with Gasteiger partial charge in [0.05, 0.1) is 0 Å². The molecule has 2 heteroatoms. The fourth-order valence-electron chi connectivity index (χ4n) is 1.95. The first-order valence-corrected chi connectivity index (χ1v) is 4.23. The summed E-state index contributed by atoms with van der Waals surface area (Å²) < 4.78 is 13.1. The Bertz CT molecular complexity index is 320. The minimum Gasteiger partial charge on any atom is -0.324 e. The van der Waals surface area contributed by atoms with E-state index in [1.165, 1.54) is 11.6 Å². The molecule has 64 valence electrons. The van der Waals surface area contributed by atoms with Gasteiger partial charge in [-0.25, -0.2) is 4.39 Å². The number of aryl methyl sites for hydroxylation is 1. The molecule has 1 aliphatic carbocycles. The van der Waals surface area contributed by atoms with Crippen molar-refractivity contribution in [1.82, 2.24) is 0 Å². The van der Waals surface area contributed by atoms with Gasteiger partial charge in [0.1, 0.15) is 5.82 Å². The second-order valence-corrected chi connectivity index (χ2v) is 3.39. The number of benzene rings is 1. The smallest absolute Gasteiger partial charge is 0.126 e. The van der Waals surface area contributed by atoms with Crippen LogP contribution in [-0.4, -0.2) is 0 Å². The lowest BCUT2D eigenvalue weighted by Crippen LogP contribution is -2.07. The van der Waals surface area contributed by atoms with Crippen molar-refractivity contribution in [3.8, 4) is 0 Å². The van der Waals surface area contributed by atoms with Gasteiger partial charge in [0.25, 0.3) is 0 Å². The van der Waals surface area contributed by atoms with Crippen molar-refractivity contribution in [1.29, 1.82) is 0 Å². The maximum Gasteiger partial charge on any atom is 0.126 e. The third-order valence-electron chi connectivity index (χ3n) is 2.63. The first kappa shape index (κ1) is 7.74. The zero-order valence-electron chi connectivity index (χ0n) is 7.10. The van der Waals surface area contributed by atoms with Crippen LogP contribution in [0.3, 0.4) is 0 Å². The van der Waals surface area contributed by atoms with E-state index < -0.39 is 0 Å². The van der Waals surface area contributed by atoms with E-state index in [0.29, 0.717) is 0 Å². The summed E-state index contributed by atoms with van der Waals surface area (Å²) >= 11 is 0. The summed E-state index contributed by atoms with van der Waals surface area (Å²) in [5.74, 6) is -0.133. The molecule has 1 aromatic rings. The molecule has 1 atom stereocenters. The van der Waals surface area contributed by atoms with Gasteiger partial charge in [-0.1, -0.05) is 6.07 Å². The van der Waals surface area contributed by atoms with Crippen LogP contribution in [0, 0.1) is 12.7 Å². The van der Waals surface area contributed by atoms with Gasteiger partial charge in [0.2, 0.25) is 0 Å². The highest BCUT2D eigenvalue weighted by molar-refractivity contribution is 5.41. The van der Waals surface area contributed by atoms with Gasteiger partial charge in [-0.3, -0.25) is 0 Å². The van der Waals surface area contributed by atoms with E-state index in [4.69, 9.17) is 5.73 Å². The predicted octanol–water partition coefficient (Wildman–Crippen LogP) is 2.08. The molecular formula is C10H12FN. The Kier molecular flexibility index (Phi) is 1.65. The van der Waals surface area contributed by atoms with Crippen LogP contribution in [0.25, 0.3) is 0 Å². The van der Waals surface area contributed by atoms with Gasteiger partial charge in [0, 0.05) is 6.04 Å². The zero-order valence-corrected chi connectivity index (χ0v) is 7.10. The molecular weight excluding hydrogens is 153 g/mol. The van der Waals surface area contributed by atoms with E-state index in [1.807, 2.05) is 6.07 Å². The second kappa shape index (κ2) is 2.56. The van der Waals surface area contributed by atoms with Crippen LogP contribution in [0.2, 0.25) is 0 Å². The third-order valence-corrected chi connectivity index (χ3v) is 2.63. The molecule has 0 spiro atoms. The molecule has 0 radical (unpaired) electrons. The van der Waals surface area contributed by atoms with Crippen molar-refractivity contribution in [2.24, 2.45) is 5.73 Å². The lowest BCUT2D eigenvalue weighted by Gasteiger charge is -2.08. The summed E-state index contributed by atoms with van der Waals surface area (Å²) in [5.41, 5.74) is 8.84. The van der Waals surface area contributed by atoms with Gasteiger partial charge in [-0.05, 0) is 42.5 Å². The van der Waals surface area contributed by atoms with E-state index in [1.54, 1.807) is 6.92 Å². The largest absolute Gasteiger partial charge is 0.324 e. The normalized spacial score (nSPS) is 21.1. The van der Waals surface area contributed by atoms with Gasteiger partial charge in [0.15, 0.2) is 0 Å². The van der Waals surface area contributed by atoms with E-state index in [2.05, 4.69) is 0 Å². The Morgan fingerprint density at radius 1 is 1.50 bits per heavy atom. The molecule has 2 rings (SSSR count). The fourth-order valence-corrected chi connectivity index (χ4v) is 1.95. The van der Waals surface area contributed by atoms with E-state index >= 15 is 0 Å². The molecule has 0 heterocycles. The standard InChI is InChI=1S/C10H12FN/c1-6-8(11)4-2-7-3-5-9(12)10(6)7/h2,4,9H,3,5,12H2,1H3. The Hall–Kier alpha value is -0.890. The number of nitrogens with two attached hydrogens (primary N) is 1. The van der Waals surface area contributed by atoms with Crippen molar-refractivity contribution in [3.05, 3.63) is 34.6 Å². The van der Waals surface area contributed by atoms with E-state index in [9.17, 15) is 4.39 Å². The molecule has 2 N–H and O–H groups in total. The Balaban J connectivity index is 2.63. The molecule has 0 aromatic heterocycles. The van der Waals surface area contributed by atoms with E-state index in [0.717, 1.165) is 24.0 Å². The molecule has 0 saturated carbocycles. The summed E-state index contributed by atoms with van der Waals surface area (Å²) in [7, 11) is 0. The molecule has 1 aromatic carbocycles. The molecule has 0 amide bonds. The molecule has 1 aliphatic rings. The van der Waals surface area contributed by atoms with Crippen molar-refractivity contribution in [3.63, 3.8) is 0 Å². The quantitative estimate of drug-likeness (QED) is 0.625. The first-order chi connectivity index (χ1) is 5.70. The first-order valence-electron chi connectivity index (χ1n) is 4.23. The van der Waals surface area contributed by atoms with Crippen molar-refractivity contribution < 1.29 is 4.39 Å². The topological polar surface area (TPSA) is 26.0 Å². The maximum atomic E-state index is 13.1. The predicted molar refractivity (Wildman–Crippen MR) is 46.4 cm³/mol. The lowest BCUT2D eigenvalue weighted by molar-refractivity contribution is 0.611. The van der Waals surface area contributed by atoms with Crippen molar-refractivity contribution in [2.75, 3.05) is 0 Å². The van der Waals surface area contributed by atoms with Gasteiger partial charge in [-0.15, -0.1) is 0 Å².